The van der Waals surface area contributed by atoms with Crippen LogP contribution in [0.3, 0.4) is 0 Å². The number of benzene rings is 1. The van der Waals surface area contributed by atoms with E-state index in [2.05, 4.69) is 21.4 Å². The largest absolute Gasteiger partial charge is 0.497 e. The number of hydrogen-bond donors (Lipinski definition) is 1. The fraction of sp³-hybridized carbons (Fsp3) is 0.444. The van der Waals surface area contributed by atoms with Crippen molar-refractivity contribution in [2.45, 2.75) is 38.6 Å². The van der Waals surface area contributed by atoms with Crippen LogP contribution in [0.4, 0.5) is 5.82 Å². The van der Waals surface area contributed by atoms with Gasteiger partial charge in [0.2, 0.25) is 0 Å². The minimum absolute atomic E-state index is 0.604. The third kappa shape index (κ3) is 3.55. The van der Waals surface area contributed by atoms with Crippen LogP contribution in [0, 0.1) is 6.92 Å². The summed E-state index contributed by atoms with van der Waals surface area (Å²) in [4.78, 5) is 9.07. The number of aryl methyl sites for hydroxylation is 1. The van der Waals surface area contributed by atoms with Crippen LogP contribution in [-0.4, -0.2) is 24.2 Å². The highest BCUT2D eigenvalue weighted by Gasteiger charge is 2.21. The highest BCUT2D eigenvalue weighted by Crippen LogP contribution is 2.36. The van der Waals surface area contributed by atoms with E-state index < -0.39 is 0 Å². The monoisotopic (exact) mass is 313 g/mol. The van der Waals surface area contributed by atoms with Crippen LogP contribution in [0.1, 0.15) is 42.3 Å². The minimum Gasteiger partial charge on any atom is -0.497 e. The number of ether oxygens (including phenoxy) is 2. The first-order chi connectivity index (χ1) is 11.2. The van der Waals surface area contributed by atoms with Crippen LogP contribution in [0.2, 0.25) is 0 Å². The van der Waals surface area contributed by atoms with E-state index >= 15 is 0 Å². The van der Waals surface area contributed by atoms with Crippen LogP contribution < -0.4 is 14.8 Å². The second-order valence-electron chi connectivity index (χ2n) is 5.88. The zero-order valence-corrected chi connectivity index (χ0v) is 13.9. The molecule has 2 aromatic rings. The number of hydrogen-bond acceptors (Lipinski definition) is 5. The van der Waals surface area contributed by atoms with Gasteiger partial charge in [0.05, 0.1) is 14.2 Å². The first kappa shape index (κ1) is 15.6. The maximum Gasteiger partial charge on any atom is 0.130 e. The molecular formula is C18H23N3O2. The molecule has 1 aromatic heterocycles. The van der Waals surface area contributed by atoms with E-state index in [1.54, 1.807) is 14.2 Å². The molecule has 0 unspecified atom stereocenters. The molecule has 0 aliphatic heterocycles. The average Bonchev–Trinajstić information content (AvgIpc) is 2.50. The van der Waals surface area contributed by atoms with Crippen LogP contribution in [0.15, 0.2) is 24.3 Å². The number of aromatic nitrogens is 2. The fourth-order valence-electron chi connectivity index (χ4n) is 2.78. The summed E-state index contributed by atoms with van der Waals surface area (Å²) >= 11 is 0. The molecule has 0 radical (unpaired) electrons. The van der Waals surface area contributed by atoms with E-state index in [1.165, 1.54) is 19.3 Å². The van der Waals surface area contributed by atoms with Gasteiger partial charge in [-0.1, -0.05) is 6.42 Å². The lowest BCUT2D eigenvalue weighted by atomic mass is 9.83. The molecule has 3 rings (SSSR count). The molecule has 0 amide bonds. The van der Waals surface area contributed by atoms with Crippen molar-refractivity contribution in [3.05, 3.63) is 41.3 Å². The molecule has 5 nitrogen and oxygen atoms in total. The Bertz CT molecular complexity index is 684. The molecule has 1 aliphatic rings. The van der Waals surface area contributed by atoms with E-state index in [9.17, 15) is 0 Å². The Hall–Kier alpha value is -2.30. The number of nitrogens with one attached hydrogen (secondary N) is 1. The van der Waals surface area contributed by atoms with Crippen molar-refractivity contribution in [1.29, 1.82) is 0 Å². The lowest BCUT2D eigenvalue weighted by molar-refractivity contribution is 0.391. The highest BCUT2D eigenvalue weighted by atomic mass is 16.5. The summed E-state index contributed by atoms with van der Waals surface area (Å²) in [5.74, 6) is 3.89. The summed E-state index contributed by atoms with van der Waals surface area (Å²) < 4.78 is 10.7. The number of methoxy groups -OCH3 is 2. The molecule has 0 bridgehead atoms. The van der Waals surface area contributed by atoms with Gasteiger partial charge in [0, 0.05) is 35.9 Å². The Kier molecular flexibility index (Phi) is 4.65. The Morgan fingerprint density at radius 1 is 1.13 bits per heavy atom. The topological polar surface area (TPSA) is 56.3 Å². The first-order valence-corrected chi connectivity index (χ1v) is 8.00. The maximum atomic E-state index is 5.44. The molecule has 0 saturated heterocycles. The van der Waals surface area contributed by atoms with Gasteiger partial charge in [0.25, 0.3) is 0 Å². The lowest BCUT2D eigenvalue weighted by Crippen LogP contribution is -2.13. The van der Waals surface area contributed by atoms with Gasteiger partial charge in [-0.15, -0.1) is 0 Å². The smallest absolute Gasteiger partial charge is 0.130 e. The summed E-state index contributed by atoms with van der Waals surface area (Å²) in [5.41, 5.74) is 2.22. The quantitative estimate of drug-likeness (QED) is 0.881. The molecule has 0 spiro atoms. The summed E-state index contributed by atoms with van der Waals surface area (Å²) in [6.07, 6.45) is 3.78. The van der Waals surface area contributed by atoms with Crippen molar-refractivity contribution in [3.63, 3.8) is 0 Å². The van der Waals surface area contributed by atoms with Crippen molar-refractivity contribution in [2.75, 3.05) is 19.5 Å². The van der Waals surface area contributed by atoms with Crippen molar-refractivity contribution >= 4 is 5.82 Å². The van der Waals surface area contributed by atoms with Crippen molar-refractivity contribution in [2.24, 2.45) is 0 Å². The second-order valence-corrected chi connectivity index (χ2v) is 5.88. The zero-order valence-electron chi connectivity index (χ0n) is 13.9. The predicted octanol–water partition coefficient (Wildman–Crippen LogP) is 3.68. The predicted molar refractivity (Wildman–Crippen MR) is 90.2 cm³/mol. The van der Waals surface area contributed by atoms with Gasteiger partial charge >= 0.3 is 0 Å². The summed E-state index contributed by atoms with van der Waals surface area (Å²) in [5, 5.41) is 3.39. The number of anilines is 1. The van der Waals surface area contributed by atoms with E-state index in [0.717, 1.165) is 34.4 Å². The summed E-state index contributed by atoms with van der Waals surface area (Å²) in [6, 6.07) is 7.91. The summed E-state index contributed by atoms with van der Waals surface area (Å²) in [7, 11) is 3.32. The standard InChI is InChI=1S/C18H23N3O2/c1-12-20-16(13-5-4-6-13)10-18(21-12)19-11-14-7-8-15(22-2)9-17(14)23-3/h7-10,13H,4-6,11H2,1-3H3,(H,19,20,21). The third-order valence-corrected chi connectivity index (χ3v) is 4.34. The van der Waals surface area contributed by atoms with E-state index in [4.69, 9.17) is 9.47 Å². The number of nitrogens with zero attached hydrogens (tertiary/aromatic N) is 2. The molecule has 5 heteroatoms. The molecule has 23 heavy (non-hydrogen) atoms. The fourth-order valence-corrected chi connectivity index (χ4v) is 2.78. The van der Waals surface area contributed by atoms with Gasteiger partial charge in [-0.05, 0) is 31.9 Å². The minimum atomic E-state index is 0.604. The Morgan fingerprint density at radius 3 is 2.61 bits per heavy atom. The van der Waals surface area contributed by atoms with Gasteiger partial charge in [-0.2, -0.15) is 0 Å². The molecule has 1 N–H and O–H groups in total. The average molecular weight is 313 g/mol. The van der Waals surface area contributed by atoms with Gasteiger partial charge in [-0.25, -0.2) is 9.97 Å². The maximum absolute atomic E-state index is 5.44. The van der Waals surface area contributed by atoms with Crippen LogP contribution in [0.25, 0.3) is 0 Å². The van der Waals surface area contributed by atoms with E-state index in [1.807, 2.05) is 25.1 Å². The lowest BCUT2D eigenvalue weighted by Gasteiger charge is -2.25. The Morgan fingerprint density at radius 2 is 1.96 bits per heavy atom. The third-order valence-electron chi connectivity index (χ3n) is 4.34. The van der Waals surface area contributed by atoms with Crippen LogP contribution in [0.5, 0.6) is 11.5 Å². The van der Waals surface area contributed by atoms with Crippen LogP contribution >= 0.6 is 0 Å². The normalized spacial score (nSPS) is 14.2. The van der Waals surface area contributed by atoms with E-state index in [-0.39, 0.29) is 0 Å². The molecule has 0 atom stereocenters. The first-order valence-electron chi connectivity index (χ1n) is 8.00. The van der Waals surface area contributed by atoms with Gasteiger partial charge in [0.15, 0.2) is 0 Å². The van der Waals surface area contributed by atoms with Crippen molar-refractivity contribution in [3.8, 4) is 11.5 Å². The zero-order chi connectivity index (χ0) is 16.2. The Balaban J connectivity index is 1.74. The highest BCUT2D eigenvalue weighted by molar-refractivity contribution is 5.44. The molecule has 1 aliphatic carbocycles. The Labute approximate surface area is 137 Å². The van der Waals surface area contributed by atoms with Gasteiger partial charge in [0.1, 0.15) is 23.1 Å². The molecule has 1 heterocycles. The van der Waals surface area contributed by atoms with Gasteiger partial charge < -0.3 is 14.8 Å². The molecule has 1 fully saturated rings. The van der Waals surface area contributed by atoms with Gasteiger partial charge in [-0.3, -0.25) is 0 Å². The molecular weight excluding hydrogens is 290 g/mol. The molecule has 1 aromatic carbocycles. The number of rotatable bonds is 6. The summed E-state index contributed by atoms with van der Waals surface area (Å²) in [6.45, 7) is 2.59. The molecule has 122 valence electrons. The van der Waals surface area contributed by atoms with Crippen molar-refractivity contribution < 1.29 is 9.47 Å². The SMILES string of the molecule is COc1ccc(CNc2cc(C3CCC3)nc(C)n2)c(OC)c1. The van der Waals surface area contributed by atoms with E-state index in [0.29, 0.717) is 12.5 Å². The second kappa shape index (κ2) is 6.86. The van der Waals surface area contributed by atoms with Crippen molar-refractivity contribution in [1.82, 2.24) is 9.97 Å². The van der Waals surface area contributed by atoms with Crippen LogP contribution in [-0.2, 0) is 6.54 Å². The molecule has 1 saturated carbocycles.